The summed E-state index contributed by atoms with van der Waals surface area (Å²) in [6, 6.07) is 4.87. The van der Waals surface area contributed by atoms with Crippen molar-refractivity contribution in [3.8, 4) is 0 Å². The van der Waals surface area contributed by atoms with Crippen LogP contribution < -0.4 is 5.32 Å². The van der Waals surface area contributed by atoms with Crippen molar-refractivity contribution < 1.29 is 14.2 Å². The molecule has 2 rings (SSSR count). The molecule has 0 atom stereocenters. The van der Waals surface area contributed by atoms with Gasteiger partial charge in [0.05, 0.1) is 9.85 Å². The molecule has 1 aromatic carbocycles. The lowest BCUT2D eigenvalue weighted by atomic mass is 10.2. The maximum Gasteiger partial charge on any atom is 0.324 e. The zero-order chi connectivity index (χ0) is 14.7. The van der Waals surface area contributed by atoms with Crippen LogP contribution in [-0.2, 0) is 6.54 Å². The van der Waals surface area contributed by atoms with E-state index in [1.54, 1.807) is 0 Å². The van der Waals surface area contributed by atoms with Gasteiger partial charge in [0.15, 0.2) is 5.82 Å². The van der Waals surface area contributed by atoms with Gasteiger partial charge in [-0.25, -0.2) is 4.39 Å². The standard InChI is InChI=1S/C11H8FN3O4S/c12-8-2-1-3-9(14(16)17)11(8)13-5-7-4-10(15(18)19)20-6-7/h1-4,6,13H,5H2. The second-order valence-electron chi connectivity index (χ2n) is 3.79. The molecular formula is C11H8FN3O4S. The molecule has 1 heterocycles. The number of nitrogens with zero attached hydrogens (tertiary/aromatic N) is 2. The van der Waals surface area contributed by atoms with Crippen molar-refractivity contribution >= 4 is 27.7 Å². The molecule has 0 saturated heterocycles. The molecule has 0 bridgehead atoms. The van der Waals surface area contributed by atoms with Crippen molar-refractivity contribution in [3.63, 3.8) is 0 Å². The zero-order valence-corrected chi connectivity index (χ0v) is 10.7. The van der Waals surface area contributed by atoms with Crippen LogP contribution in [0, 0.1) is 26.0 Å². The highest BCUT2D eigenvalue weighted by Gasteiger charge is 2.18. The van der Waals surface area contributed by atoms with Crippen molar-refractivity contribution in [3.05, 3.63) is 61.3 Å². The summed E-state index contributed by atoms with van der Waals surface area (Å²) in [4.78, 5) is 20.1. The first kappa shape index (κ1) is 13.9. The quantitative estimate of drug-likeness (QED) is 0.674. The van der Waals surface area contributed by atoms with E-state index < -0.39 is 15.7 Å². The molecular weight excluding hydrogens is 289 g/mol. The predicted octanol–water partition coefficient (Wildman–Crippen LogP) is 3.32. The minimum absolute atomic E-state index is 0.0372. The fraction of sp³-hybridized carbons (Fsp3) is 0.0909. The molecule has 0 unspecified atom stereocenters. The highest BCUT2D eigenvalue weighted by molar-refractivity contribution is 7.13. The number of nitrogens with one attached hydrogen (secondary N) is 1. The third-order valence-corrected chi connectivity index (χ3v) is 3.41. The molecule has 0 saturated carbocycles. The number of nitro groups is 2. The molecule has 7 nitrogen and oxygen atoms in total. The molecule has 2 aromatic rings. The van der Waals surface area contributed by atoms with E-state index in [2.05, 4.69) is 5.32 Å². The Labute approximate surface area is 116 Å². The van der Waals surface area contributed by atoms with Crippen LogP contribution in [0.5, 0.6) is 0 Å². The summed E-state index contributed by atoms with van der Waals surface area (Å²) in [7, 11) is 0. The van der Waals surface area contributed by atoms with Crippen LogP contribution in [0.3, 0.4) is 0 Å². The first-order chi connectivity index (χ1) is 9.49. The SMILES string of the molecule is O=[N+]([O-])c1cc(CNc2c(F)cccc2[N+](=O)[O-])cs1. The number of halogens is 1. The number of benzene rings is 1. The average molecular weight is 297 g/mol. The Balaban J connectivity index is 2.18. The van der Waals surface area contributed by atoms with Gasteiger partial charge < -0.3 is 5.32 Å². The molecule has 0 aliphatic rings. The molecule has 0 spiro atoms. The van der Waals surface area contributed by atoms with E-state index in [1.807, 2.05) is 0 Å². The normalized spacial score (nSPS) is 10.2. The summed E-state index contributed by atoms with van der Waals surface area (Å²) in [5.41, 5.74) is -0.0552. The van der Waals surface area contributed by atoms with Gasteiger partial charge in [0, 0.05) is 24.1 Å². The van der Waals surface area contributed by atoms with E-state index >= 15 is 0 Å². The van der Waals surface area contributed by atoms with Gasteiger partial charge in [-0.3, -0.25) is 20.2 Å². The predicted molar refractivity (Wildman–Crippen MR) is 71.4 cm³/mol. The molecule has 0 fully saturated rings. The van der Waals surface area contributed by atoms with Crippen molar-refractivity contribution in [2.75, 3.05) is 5.32 Å². The minimum atomic E-state index is -0.746. The fourth-order valence-corrected chi connectivity index (χ4v) is 2.31. The lowest BCUT2D eigenvalue weighted by Crippen LogP contribution is -2.04. The Bertz CT molecular complexity index is 673. The summed E-state index contributed by atoms with van der Waals surface area (Å²) < 4.78 is 13.6. The van der Waals surface area contributed by atoms with Gasteiger partial charge in [0.1, 0.15) is 5.69 Å². The van der Waals surface area contributed by atoms with E-state index in [-0.39, 0.29) is 22.9 Å². The molecule has 0 aliphatic carbocycles. The Hall–Kier alpha value is -2.55. The third kappa shape index (κ3) is 2.88. The number of nitro benzene ring substituents is 1. The van der Waals surface area contributed by atoms with E-state index in [9.17, 15) is 24.6 Å². The van der Waals surface area contributed by atoms with E-state index in [0.717, 1.165) is 17.4 Å². The average Bonchev–Trinajstić information content (AvgIpc) is 2.86. The number of para-hydroxylation sites is 1. The third-order valence-electron chi connectivity index (χ3n) is 2.48. The largest absolute Gasteiger partial charge is 0.373 e. The first-order valence-electron chi connectivity index (χ1n) is 5.37. The van der Waals surface area contributed by atoms with Gasteiger partial charge in [-0.2, -0.15) is 0 Å². The Kier molecular flexibility index (Phi) is 3.89. The van der Waals surface area contributed by atoms with Crippen LogP contribution in [0.1, 0.15) is 5.56 Å². The number of thiophene rings is 1. The molecule has 104 valence electrons. The highest BCUT2D eigenvalue weighted by atomic mass is 32.1. The van der Waals surface area contributed by atoms with E-state index in [0.29, 0.717) is 5.56 Å². The molecule has 0 amide bonds. The van der Waals surface area contributed by atoms with Crippen molar-refractivity contribution in [1.29, 1.82) is 0 Å². The topological polar surface area (TPSA) is 98.3 Å². The maximum atomic E-state index is 13.6. The van der Waals surface area contributed by atoms with Gasteiger partial charge in [-0.15, -0.1) is 0 Å². The monoisotopic (exact) mass is 297 g/mol. The number of anilines is 1. The smallest absolute Gasteiger partial charge is 0.324 e. The van der Waals surface area contributed by atoms with Gasteiger partial charge in [0.25, 0.3) is 5.69 Å². The van der Waals surface area contributed by atoms with Crippen LogP contribution in [0.25, 0.3) is 0 Å². The minimum Gasteiger partial charge on any atom is -0.373 e. The van der Waals surface area contributed by atoms with Crippen LogP contribution in [0.2, 0.25) is 0 Å². The Morgan fingerprint density at radius 3 is 2.60 bits per heavy atom. The lowest BCUT2D eigenvalue weighted by Gasteiger charge is -2.06. The number of rotatable bonds is 5. The van der Waals surface area contributed by atoms with Crippen molar-refractivity contribution in [2.24, 2.45) is 0 Å². The number of hydrogen-bond donors (Lipinski definition) is 1. The number of hydrogen-bond acceptors (Lipinski definition) is 6. The molecule has 20 heavy (non-hydrogen) atoms. The Morgan fingerprint density at radius 1 is 1.25 bits per heavy atom. The second-order valence-corrected chi connectivity index (χ2v) is 4.68. The summed E-state index contributed by atoms with van der Waals surface area (Å²) in [5.74, 6) is -0.746. The van der Waals surface area contributed by atoms with Gasteiger partial charge in [-0.05, 0) is 11.6 Å². The molecule has 9 heteroatoms. The fourth-order valence-electron chi connectivity index (χ4n) is 1.58. The van der Waals surface area contributed by atoms with Crippen LogP contribution in [-0.4, -0.2) is 9.85 Å². The Morgan fingerprint density at radius 2 is 2.00 bits per heavy atom. The maximum absolute atomic E-state index is 13.6. The van der Waals surface area contributed by atoms with E-state index in [1.165, 1.54) is 23.6 Å². The summed E-state index contributed by atoms with van der Waals surface area (Å²) in [6.45, 7) is 0.0616. The van der Waals surface area contributed by atoms with Crippen molar-refractivity contribution in [1.82, 2.24) is 0 Å². The molecule has 0 radical (unpaired) electrons. The molecule has 0 aliphatic heterocycles. The summed E-state index contributed by atoms with van der Waals surface area (Å²) in [6.07, 6.45) is 0. The molecule has 1 aromatic heterocycles. The van der Waals surface area contributed by atoms with Gasteiger partial charge >= 0.3 is 5.00 Å². The summed E-state index contributed by atoms with van der Waals surface area (Å²) >= 11 is 0.941. The first-order valence-corrected chi connectivity index (χ1v) is 6.25. The van der Waals surface area contributed by atoms with Crippen LogP contribution in [0.15, 0.2) is 29.6 Å². The van der Waals surface area contributed by atoms with Gasteiger partial charge in [0.2, 0.25) is 0 Å². The highest BCUT2D eigenvalue weighted by Crippen LogP contribution is 2.28. The second kappa shape index (κ2) is 5.61. The van der Waals surface area contributed by atoms with Crippen LogP contribution >= 0.6 is 11.3 Å². The van der Waals surface area contributed by atoms with Crippen molar-refractivity contribution in [2.45, 2.75) is 6.54 Å². The zero-order valence-electron chi connectivity index (χ0n) is 9.91. The summed E-state index contributed by atoms with van der Waals surface area (Å²) in [5, 5.41) is 25.4. The molecule has 1 N–H and O–H groups in total. The lowest BCUT2D eigenvalue weighted by molar-refractivity contribution is -0.384. The van der Waals surface area contributed by atoms with Gasteiger partial charge in [-0.1, -0.05) is 17.4 Å². The van der Waals surface area contributed by atoms with Crippen LogP contribution in [0.4, 0.5) is 20.8 Å². The van der Waals surface area contributed by atoms with E-state index in [4.69, 9.17) is 0 Å².